The Morgan fingerprint density at radius 1 is 1.35 bits per heavy atom. The molecule has 1 aliphatic heterocycles. The molecule has 1 aromatic rings. The lowest BCUT2D eigenvalue weighted by molar-refractivity contribution is 0.0940. The lowest BCUT2D eigenvalue weighted by atomic mass is 9.83. The van der Waals surface area contributed by atoms with Gasteiger partial charge in [0.25, 0.3) is 5.91 Å². The Kier molecular flexibility index (Phi) is 4.19. The molecule has 1 amide bonds. The molecule has 0 aromatic heterocycles. The van der Waals surface area contributed by atoms with Gasteiger partial charge in [-0.15, -0.1) is 0 Å². The van der Waals surface area contributed by atoms with E-state index in [0.29, 0.717) is 6.54 Å². The van der Waals surface area contributed by atoms with Crippen molar-refractivity contribution < 1.29 is 4.79 Å². The van der Waals surface area contributed by atoms with Crippen LogP contribution in [0.15, 0.2) is 24.3 Å². The molecule has 0 radical (unpaired) electrons. The summed E-state index contributed by atoms with van der Waals surface area (Å²) in [6, 6.07) is 7.89. The highest BCUT2D eigenvalue weighted by Crippen LogP contribution is 2.26. The van der Waals surface area contributed by atoms with Gasteiger partial charge in [0, 0.05) is 17.6 Å². The Morgan fingerprint density at radius 3 is 2.65 bits per heavy atom. The highest BCUT2D eigenvalue weighted by molar-refractivity contribution is 5.96. The van der Waals surface area contributed by atoms with Crippen molar-refractivity contribution in [1.82, 2.24) is 10.6 Å². The molecule has 1 saturated heterocycles. The van der Waals surface area contributed by atoms with E-state index in [1.807, 2.05) is 24.3 Å². The zero-order valence-corrected chi connectivity index (χ0v) is 13.0. The summed E-state index contributed by atoms with van der Waals surface area (Å²) in [5, 5.41) is 6.56. The predicted octanol–water partition coefficient (Wildman–Crippen LogP) is 2.86. The summed E-state index contributed by atoms with van der Waals surface area (Å²) >= 11 is 0. The third-order valence-electron chi connectivity index (χ3n) is 4.08. The van der Waals surface area contributed by atoms with E-state index in [1.54, 1.807) is 0 Å². The van der Waals surface area contributed by atoms with Crippen LogP contribution >= 0.6 is 0 Å². The van der Waals surface area contributed by atoms with Gasteiger partial charge in [0.2, 0.25) is 0 Å². The first-order valence-corrected chi connectivity index (χ1v) is 7.45. The van der Waals surface area contributed by atoms with Gasteiger partial charge in [0.15, 0.2) is 0 Å². The fraction of sp³-hybridized carbons (Fsp3) is 0.588. The Labute approximate surface area is 122 Å². The van der Waals surface area contributed by atoms with E-state index in [9.17, 15) is 4.79 Å². The molecule has 1 fully saturated rings. The fourth-order valence-corrected chi connectivity index (χ4v) is 2.81. The van der Waals surface area contributed by atoms with E-state index >= 15 is 0 Å². The van der Waals surface area contributed by atoms with Gasteiger partial charge in [0.05, 0.1) is 0 Å². The zero-order valence-electron chi connectivity index (χ0n) is 13.0. The number of amides is 1. The molecule has 2 rings (SSSR count). The number of hydrogen-bond acceptors (Lipinski definition) is 2. The predicted molar refractivity (Wildman–Crippen MR) is 83.1 cm³/mol. The normalized spacial score (nSPS) is 22.8. The van der Waals surface area contributed by atoms with Crippen molar-refractivity contribution in [3.63, 3.8) is 0 Å². The lowest BCUT2D eigenvalue weighted by Gasteiger charge is -2.26. The smallest absolute Gasteiger partial charge is 0.251 e. The first-order chi connectivity index (χ1) is 9.32. The first kappa shape index (κ1) is 15.0. The minimum absolute atomic E-state index is 0.0244. The summed E-state index contributed by atoms with van der Waals surface area (Å²) < 4.78 is 0. The molecule has 0 spiro atoms. The summed E-state index contributed by atoms with van der Waals surface area (Å²) in [7, 11) is 0. The van der Waals surface area contributed by atoms with Crippen molar-refractivity contribution in [2.24, 2.45) is 0 Å². The summed E-state index contributed by atoms with van der Waals surface area (Å²) in [6.45, 7) is 10.3. The quantitative estimate of drug-likeness (QED) is 0.890. The average molecular weight is 274 g/mol. The van der Waals surface area contributed by atoms with Gasteiger partial charge >= 0.3 is 0 Å². The average Bonchev–Trinajstić information content (AvgIpc) is 2.82. The maximum atomic E-state index is 12.5. The third kappa shape index (κ3) is 3.40. The SMILES string of the molecule is CC1(CNC(=O)c2ccccc2C(C)(C)C)CCCN1. The third-order valence-corrected chi connectivity index (χ3v) is 4.08. The molecular formula is C17H26N2O. The molecule has 1 aliphatic rings. The second-order valence-electron chi connectivity index (χ2n) is 7.07. The number of carbonyl (C=O) groups excluding carboxylic acids is 1. The van der Waals surface area contributed by atoms with Crippen molar-refractivity contribution in [1.29, 1.82) is 0 Å². The molecule has 1 heterocycles. The Morgan fingerprint density at radius 2 is 2.05 bits per heavy atom. The molecule has 1 atom stereocenters. The number of nitrogens with one attached hydrogen (secondary N) is 2. The zero-order chi connectivity index (χ0) is 14.8. The summed E-state index contributed by atoms with van der Waals surface area (Å²) in [4.78, 5) is 12.5. The van der Waals surface area contributed by atoms with Crippen LogP contribution in [0.3, 0.4) is 0 Å². The number of carbonyl (C=O) groups is 1. The number of hydrogen-bond donors (Lipinski definition) is 2. The van der Waals surface area contributed by atoms with E-state index in [1.165, 1.54) is 6.42 Å². The van der Waals surface area contributed by atoms with Crippen LogP contribution in [0.25, 0.3) is 0 Å². The van der Waals surface area contributed by atoms with E-state index in [-0.39, 0.29) is 16.9 Å². The lowest BCUT2D eigenvalue weighted by Crippen LogP contribution is -2.47. The maximum Gasteiger partial charge on any atom is 0.251 e. The van der Waals surface area contributed by atoms with Crippen LogP contribution < -0.4 is 10.6 Å². The summed E-state index contributed by atoms with van der Waals surface area (Å²) in [5.74, 6) is 0.0328. The topological polar surface area (TPSA) is 41.1 Å². The summed E-state index contributed by atoms with van der Waals surface area (Å²) in [6.07, 6.45) is 2.30. The minimum Gasteiger partial charge on any atom is -0.350 e. The molecule has 0 bridgehead atoms. The van der Waals surface area contributed by atoms with Crippen molar-refractivity contribution in [2.75, 3.05) is 13.1 Å². The number of rotatable bonds is 3. The van der Waals surface area contributed by atoms with Gasteiger partial charge in [-0.05, 0) is 43.4 Å². The molecular weight excluding hydrogens is 248 g/mol. The van der Waals surface area contributed by atoms with Crippen molar-refractivity contribution >= 4 is 5.91 Å². The van der Waals surface area contributed by atoms with Crippen LogP contribution in [0.2, 0.25) is 0 Å². The molecule has 0 saturated carbocycles. The molecule has 1 aromatic carbocycles. The van der Waals surface area contributed by atoms with Gasteiger partial charge in [0.1, 0.15) is 0 Å². The van der Waals surface area contributed by atoms with Crippen molar-refractivity contribution in [3.8, 4) is 0 Å². The Hall–Kier alpha value is -1.35. The highest BCUT2D eigenvalue weighted by atomic mass is 16.1. The number of benzene rings is 1. The Bertz CT molecular complexity index is 482. The van der Waals surface area contributed by atoms with Crippen LogP contribution in [-0.4, -0.2) is 24.5 Å². The molecule has 20 heavy (non-hydrogen) atoms. The molecule has 3 nitrogen and oxygen atoms in total. The van der Waals surface area contributed by atoms with Crippen molar-refractivity contribution in [2.45, 2.75) is 51.5 Å². The maximum absolute atomic E-state index is 12.5. The second kappa shape index (κ2) is 5.57. The fourth-order valence-electron chi connectivity index (χ4n) is 2.81. The van der Waals surface area contributed by atoms with Crippen LogP contribution in [0.5, 0.6) is 0 Å². The van der Waals surface area contributed by atoms with Gasteiger partial charge in [-0.25, -0.2) is 0 Å². The first-order valence-electron chi connectivity index (χ1n) is 7.45. The molecule has 0 aliphatic carbocycles. The van der Waals surface area contributed by atoms with E-state index < -0.39 is 0 Å². The Balaban J connectivity index is 2.10. The molecule has 2 N–H and O–H groups in total. The van der Waals surface area contributed by atoms with Crippen molar-refractivity contribution in [3.05, 3.63) is 35.4 Å². The highest BCUT2D eigenvalue weighted by Gasteiger charge is 2.29. The minimum atomic E-state index is -0.0244. The van der Waals surface area contributed by atoms with Crippen LogP contribution in [0.1, 0.15) is 56.5 Å². The van der Waals surface area contributed by atoms with Gasteiger partial charge in [-0.2, -0.15) is 0 Å². The molecule has 110 valence electrons. The standard InChI is InChI=1S/C17H26N2O/c1-16(2,3)14-9-6-5-8-13(14)15(20)18-12-17(4)10-7-11-19-17/h5-6,8-9,19H,7,10-12H2,1-4H3,(H,18,20). The van der Waals surface area contributed by atoms with Crippen LogP contribution in [0.4, 0.5) is 0 Å². The van der Waals surface area contributed by atoms with E-state index in [2.05, 4.69) is 38.3 Å². The second-order valence-corrected chi connectivity index (χ2v) is 7.07. The monoisotopic (exact) mass is 274 g/mol. The van der Waals surface area contributed by atoms with Crippen LogP contribution in [-0.2, 0) is 5.41 Å². The van der Waals surface area contributed by atoms with Gasteiger partial charge in [-0.1, -0.05) is 39.0 Å². The van der Waals surface area contributed by atoms with Gasteiger partial charge in [-0.3, -0.25) is 4.79 Å². The summed E-state index contributed by atoms with van der Waals surface area (Å²) in [5.41, 5.74) is 1.92. The van der Waals surface area contributed by atoms with E-state index in [0.717, 1.165) is 24.1 Å². The van der Waals surface area contributed by atoms with Crippen LogP contribution in [0, 0.1) is 0 Å². The molecule has 1 unspecified atom stereocenters. The largest absolute Gasteiger partial charge is 0.350 e. The van der Waals surface area contributed by atoms with E-state index in [4.69, 9.17) is 0 Å². The molecule has 3 heteroatoms. The van der Waals surface area contributed by atoms with Gasteiger partial charge < -0.3 is 10.6 Å².